The molecule has 0 saturated heterocycles. The average Bonchev–Trinajstić information content (AvgIpc) is 1.54. The summed E-state index contributed by atoms with van der Waals surface area (Å²) in [6.45, 7) is 4.20. The van der Waals surface area contributed by atoms with Crippen molar-refractivity contribution in [1.82, 2.24) is 4.90 Å². The van der Waals surface area contributed by atoms with Crippen molar-refractivity contribution in [3.8, 4) is 0 Å². The molecule has 5 heteroatoms. The maximum absolute atomic E-state index is 15.5. The van der Waals surface area contributed by atoms with Crippen LogP contribution in [0.2, 0.25) is 0 Å². The predicted molar refractivity (Wildman–Crippen MR) is 434 cm³/mol. The molecule has 0 radical (unpaired) electrons. The summed E-state index contributed by atoms with van der Waals surface area (Å²) in [5, 5.41) is 0.449. The van der Waals surface area contributed by atoms with Crippen LogP contribution in [-0.2, 0) is 5.41 Å². The van der Waals surface area contributed by atoms with Crippen LogP contribution in [0, 0.1) is 71.0 Å². The third-order valence-electron chi connectivity index (χ3n) is 27.4. The van der Waals surface area contributed by atoms with Gasteiger partial charge in [-0.05, 0) is 290 Å². The number of nitrogens with zero attached hydrogens (tertiary/aromatic N) is 2. The van der Waals surface area contributed by atoms with Crippen molar-refractivity contribution in [1.29, 1.82) is 0 Å². The molecule has 0 fully saturated rings. The van der Waals surface area contributed by atoms with E-state index in [9.17, 15) is 0 Å². The van der Waals surface area contributed by atoms with Crippen LogP contribution in [0.15, 0.2) is 370 Å². The molecule has 2 aromatic rings. The Bertz CT molecular complexity index is 4800. The molecule has 6 aliphatic heterocycles. The number of thioether (sulfide) groups is 1. The number of halogens is 2. The number of hydrogen-bond acceptors (Lipinski definition) is 3. The van der Waals surface area contributed by atoms with Crippen LogP contribution in [-0.4, -0.2) is 10.1 Å². The minimum absolute atomic E-state index is 0.0450. The summed E-state index contributed by atoms with van der Waals surface area (Å²) in [4.78, 5) is 6.99. The van der Waals surface area contributed by atoms with E-state index in [2.05, 4.69) is 277 Å². The normalized spacial score (nSPS) is 35.0. The first-order valence-corrected chi connectivity index (χ1v) is 41.1. The van der Waals surface area contributed by atoms with E-state index in [-0.39, 0.29) is 76.2 Å². The smallest absolute Gasteiger partial charge is 0.118 e. The highest BCUT2D eigenvalue weighted by molar-refractivity contribution is 8.04. The fourth-order valence-corrected chi connectivity index (χ4v) is 23.8. The molecule has 16 unspecified atom stereocenters. The second-order valence-corrected chi connectivity index (χ2v) is 34.1. The Morgan fingerprint density at radius 2 is 1.47 bits per heavy atom. The molecule has 15 aliphatic carbocycles. The zero-order chi connectivity index (χ0) is 70.1. The lowest BCUT2D eigenvalue weighted by Gasteiger charge is -2.50. The minimum Gasteiger partial charge on any atom is -0.318 e. The van der Waals surface area contributed by atoms with Crippen molar-refractivity contribution in [2.45, 2.75) is 138 Å². The maximum Gasteiger partial charge on any atom is 0.118 e. The van der Waals surface area contributed by atoms with Crippen LogP contribution in [0.1, 0.15) is 144 Å². The van der Waals surface area contributed by atoms with Gasteiger partial charge in [0.1, 0.15) is 5.83 Å². The van der Waals surface area contributed by atoms with Gasteiger partial charge in [0.05, 0.1) is 5.83 Å². The molecule has 6 bridgehead atoms. The van der Waals surface area contributed by atoms with Crippen LogP contribution in [0.5, 0.6) is 0 Å². The van der Waals surface area contributed by atoms with E-state index in [0.29, 0.717) is 41.8 Å². The number of benzene rings is 2. The van der Waals surface area contributed by atoms with Crippen molar-refractivity contribution in [2.75, 3.05) is 4.90 Å². The summed E-state index contributed by atoms with van der Waals surface area (Å²) < 4.78 is 30.7. The fraction of sp³-hybridized carbons (Fsp3) is 0.340. The second kappa shape index (κ2) is 28.5. The highest BCUT2D eigenvalue weighted by atomic mass is 32.2. The van der Waals surface area contributed by atoms with Gasteiger partial charge in [0, 0.05) is 68.5 Å². The molecule has 0 amide bonds. The topological polar surface area (TPSA) is 6.48 Å². The van der Waals surface area contributed by atoms with Crippen LogP contribution >= 0.6 is 11.8 Å². The maximum atomic E-state index is 15.5. The highest BCUT2D eigenvalue weighted by Crippen LogP contribution is 2.65. The lowest BCUT2D eigenvalue weighted by molar-refractivity contribution is 0.132. The molecule has 23 rings (SSSR count). The van der Waals surface area contributed by atoms with E-state index in [0.717, 1.165) is 96.3 Å². The third-order valence-corrected chi connectivity index (χ3v) is 28.9. The largest absolute Gasteiger partial charge is 0.318 e. The van der Waals surface area contributed by atoms with E-state index in [1.54, 1.807) is 16.6 Å². The van der Waals surface area contributed by atoms with Crippen molar-refractivity contribution >= 4 is 17.4 Å². The molecular formula is C100H98F2N2S. The van der Waals surface area contributed by atoms with Crippen LogP contribution in [0.3, 0.4) is 0 Å². The van der Waals surface area contributed by atoms with Gasteiger partial charge >= 0.3 is 0 Å². The molecule has 0 saturated carbocycles. The van der Waals surface area contributed by atoms with Gasteiger partial charge in [0.25, 0.3) is 0 Å². The third kappa shape index (κ3) is 12.3. The molecule has 2 aromatic carbocycles. The molecule has 21 aliphatic rings. The first-order valence-electron chi connectivity index (χ1n) is 40.2. The first kappa shape index (κ1) is 66.9. The quantitative estimate of drug-likeness (QED) is 0.221. The van der Waals surface area contributed by atoms with E-state index in [4.69, 9.17) is 0 Å². The summed E-state index contributed by atoms with van der Waals surface area (Å²) in [5.74, 6) is 3.48. The van der Waals surface area contributed by atoms with E-state index >= 15 is 8.78 Å². The number of allylic oxidation sites excluding steroid dienone is 51. The predicted octanol–water partition coefficient (Wildman–Crippen LogP) is 25.8. The number of rotatable bonds is 11. The molecule has 528 valence electrons. The van der Waals surface area contributed by atoms with E-state index in [1.165, 1.54) is 96.3 Å². The number of hydrogen-bond donors (Lipinski definition) is 0. The van der Waals surface area contributed by atoms with Crippen molar-refractivity contribution in [2.24, 2.45) is 71.0 Å². The molecule has 105 heavy (non-hydrogen) atoms. The van der Waals surface area contributed by atoms with Gasteiger partial charge in [0.15, 0.2) is 0 Å². The molecule has 0 spiro atoms. The second-order valence-electron chi connectivity index (χ2n) is 32.7. The SMILES string of the molecule is C=CC1=CCC(C2(C3CC=C(F)CC3)c3ccccc3C3C=CC(N(C4=CC5C6=C(CCC(N7C8=CC(C9C=CC(F)=CC9)C(C=C8)C8C=CC=CC8C8=CCC(C=C8)/C=C8\C(=CC=CC8C8C=CC=CC8)C8=CC=C7CC8)=C6)SC5CC4)c4ccc(C5CCC=C(C6=CC=CCC6)C5)cc4)=CC32)C=C1. The van der Waals surface area contributed by atoms with Crippen molar-refractivity contribution < 1.29 is 8.78 Å². The summed E-state index contributed by atoms with van der Waals surface area (Å²) in [7, 11) is 0. The lowest BCUT2D eigenvalue weighted by Crippen LogP contribution is -2.47. The van der Waals surface area contributed by atoms with E-state index in [1.807, 2.05) is 18.2 Å². The standard InChI is InChI=1S/C100H98F2N2S/c1-2-65-29-39-75(40-30-65)100(76-41-45-78(102)46-42-76)96-26-12-11-23-90(96)91-56-52-84(64-97(91)100)104(79-47-35-68(36-48-79)74-20-13-19-73(60-74)67-15-5-3-6-16-67)83-54-58-99-95(63-83)94-62-82(53-57-98(94)105-99)103-80-49-37-71(38-50-80)87-25-14-24-86(69-17-7-4-8-18-69)93(87)59-66-27-31-70(32-28-66)85-21-9-10-22-88(85)89-55-51-81(103)61-92(89)72-33-43-77(101)44-34-72/h2-5,7-12,14-15,17,19,21-27,29-33,35-37,39,43-45,47-49,51-52,55-56,59,61-64,66,69,72,74-76,85-86,88-89,91-92,95,97,99H,1,6,13,16,18,20,28,34,38,40-42,46,50,53-54,57-58,60H2/b93-59-. The molecule has 0 aromatic heterocycles. The number of fused-ring (bicyclic) bond motifs is 5. The lowest BCUT2D eigenvalue weighted by atomic mass is 9.53. The molecule has 6 heterocycles. The summed E-state index contributed by atoms with van der Waals surface area (Å²) in [6, 6.07) is 19.3. The van der Waals surface area contributed by atoms with Gasteiger partial charge in [0.2, 0.25) is 0 Å². The Hall–Kier alpha value is -8.77. The van der Waals surface area contributed by atoms with Gasteiger partial charge in [-0.3, -0.25) is 0 Å². The average molecular weight is 1400 g/mol. The van der Waals surface area contributed by atoms with Gasteiger partial charge in [-0.25, -0.2) is 8.78 Å². The highest BCUT2D eigenvalue weighted by Gasteiger charge is 2.59. The van der Waals surface area contributed by atoms with Crippen LogP contribution < -0.4 is 4.90 Å². The molecule has 16 atom stereocenters. The minimum atomic E-state index is -0.258. The zero-order valence-corrected chi connectivity index (χ0v) is 61.5. The van der Waals surface area contributed by atoms with Gasteiger partial charge in [-0.2, -0.15) is 0 Å². The summed E-state index contributed by atoms with van der Waals surface area (Å²) >= 11 is 2.17. The molecular weight excluding hydrogens is 1300 g/mol. The van der Waals surface area contributed by atoms with Crippen LogP contribution in [0.25, 0.3) is 0 Å². The van der Waals surface area contributed by atoms with Crippen molar-refractivity contribution in [3.05, 3.63) is 386 Å². The van der Waals surface area contributed by atoms with E-state index < -0.39 is 0 Å². The van der Waals surface area contributed by atoms with Gasteiger partial charge in [-0.15, -0.1) is 11.8 Å². The Morgan fingerprint density at radius 1 is 0.562 bits per heavy atom. The Labute approximate surface area is 627 Å². The summed E-state index contributed by atoms with van der Waals surface area (Å²) in [6.07, 6.45) is 106. The van der Waals surface area contributed by atoms with Crippen molar-refractivity contribution in [3.63, 3.8) is 0 Å². The zero-order valence-electron chi connectivity index (χ0n) is 60.6. The molecule has 0 N–H and O–H groups in total. The fourth-order valence-electron chi connectivity index (χ4n) is 22.3. The first-order chi connectivity index (χ1) is 51.8. The van der Waals surface area contributed by atoms with Gasteiger partial charge < -0.3 is 9.80 Å². The monoisotopic (exact) mass is 1400 g/mol. The molecule has 2 nitrogen and oxygen atoms in total. The van der Waals surface area contributed by atoms with Gasteiger partial charge in [-0.1, -0.05) is 231 Å². The Kier molecular flexibility index (Phi) is 18.2. The Balaban J connectivity index is 0.724. The van der Waals surface area contributed by atoms with Crippen LogP contribution in [0.4, 0.5) is 14.5 Å². The summed E-state index contributed by atoms with van der Waals surface area (Å²) in [5.41, 5.74) is 23.4. The Morgan fingerprint density at radius 3 is 2.28 bits per heavy atom. The number of anilines is 1.